The fourth-order valence-corrected chi connectivity index (χ4v) is 4.71. The van der Waals surface area contributed by atoms with Crippen LogP contribution in [0.2, 0.25) is 0 Å². The number of thiocarbonyl (C=S) groups is 1. The molecule has 1 aromatic carbocycles. The Balaban J connectivity index is 1.24. The van der Waals surface area contributed by atoms with Gasteiger partial charge in [-0.2, -0.15) is 0 Å². The topological polar surface area (TPSA) is 102 Å². The fourth-order valence-electron chi connectivity index (χ4n) is 3.41. The van der Waals surface area contributed by atoms with Gasteiger partial charge in [-0.15, -0.1) is 0 Å². The summed E-state index contributed by atoms with van der Waals surface area (Å²) in [5.41, 5.74) is 0.699. The lowest BCUT2D eigenvalue weighted by atomic mass is 10.2. The number of aromatic nitrogens is 2. The third-order valence-electron chi connectivity index (χ3n) is 5.05. The van der Waals surface area contributed by atoms with E-state index in [4.69, 9.17) is 21.7 Å². The van der Waals surface area contributed by atoms with Gasteiger partial charge in [-0.05, 0) is 35.9 Å². The molecule has 0 aliphatic carbocycles. The van der Waals surface area contributed by atoms with Crippen LogP contribution in [-0.2, 0) is 4.79 Å². The molecule has 2 aromatic heterocycles. The number of carbonyl (C=O) groups excluding carboxylic acids is 2. The van der Waals surface area contributed by atoms with E-state index in [0.29, 0.717) is 26.4 Å². The zero-order chi connectivity index (χ0) is 22.9. The number of rotatable bonds is 5. The van der Waals surface area contributed by atoms with Gasteiger partial charge in [0, 0.05) is 25.5 Å². The average Bonchev–Trinajstić information content (AvgIpc) is 3.38. The third kappa shape index (κ3) is 4.08. The van der Waals surface area contributed by atoms with Crippen LogP contribution in [0, 0.1) is 0 Å². The monoisotopic (exact) mass is 480 g/mol. The molecule has 9 nitrogen and oxygen atoms in total. The highest BCUT2D eigenvalue weighted by molar-refractivity contribution is 8.26. The number of carbonyl (C=O) groups is 2. The summed E-state index contributed by atoms with van der Waals surface area (Å²) in [4.78, 5) is 43.9. The van der Waals surface area contributed by atoms with Crippen LogP contribution in [-0.4, -0.2) is 50.3 Å². The van der Waals surface area contributed by atoms with Crippen LogP contribution in [0.3, 0.4) is 0 Å². The molecule has 11 heteroatoms. The highest BCUT2D eigenvalue weighted by atomic mass is 32.2. The minimum Gasteiger partial charge on any atom is -0.454 e. The predicted molar refractivity (Wildman–Crippen MR) is 126 cm³/mol. The summed E-state index contributed by atoms with van der Waals surface area (Å²) in [5, 5.41) is 2.66. The summed E-state index contributed by atoms with van der Waals surface area (Å²) in [5.74, 6) is 0.481. The number of hydrogen-bond acceptors (Lipinski definition) is 8. The molecule has 0 atom stereocenters. The van der Waals surface area contributed by atoms with E-state index in [9.17, 15) is 14.4 Å². The van der Waals surface area contributed by atoms with Gasteiger partial charge < -0.3 is 14.8 Å². The number of hydrogen-bond donors (Lipinski definition) is 1. The number of fused-ring (bicyclic) bond motifs is 2. The fraction of sp³-hybridized carbons (Fsp3) is 0.136. The quantitative estimate of drug-likeness (QED) is 0.437. The molecule has 166 valence electrons. The molecule has 1 saturated heterocycles. The van der Waals surface area contributed by atoms with E-state index in [2.05, 4.69) is 10.3 Å². The molecule has 33 heavy (non-hydrogen) atoms. The van der Waals surface area contributed by atoms with Crippen molar-refractivity contribution in [3.05, 3.63) is 75.2 Å². The van der Waals surface area contributed by atoms with Crippen molar-refractivity contribution in [1.82, 2.24) is 19.6 Å². The average molecular weight is 481 g/mol. The van der Waals surface area contributed by atoms with Gasteiger partial charge in [-0.1, -0.05) is 36.1 Å². The second kappa shape index (κ2) is 8.68. The first-order chi connectivity index (χ1) is 16.0. The SMILES string of the molecule is O=C(NCCN1C(=O)/C(=C\c2ccc3c(c2)OCO3)SC1=S)c1cnc2ccccn2c1=O. The second-order valence-electron chi connectivity index (χ2n) is 7.11. The van der Waals surface area contributed by atoms with Gasteiger partial charge in [0.1, 0.15) is 15.5 Å². The maximum absolute atomic E-state index is 12.8. The third-order valence-corrected chi connectivity index (χ3v) is 6.42. The first-order valence-electron chi connectivity index (χ1n) is 9.91. The van der Waals surface area contributed by atoms with Gasteiger partial charge in [-0.25, -0.2) is 4.98 Å². The first kappa shape index (κ1) is 21.2. The number of nitrogens with one attached hydrogen (secondary N) is 1. The van der Waals surface area contributed by atoms with Crippen LogP contribution in [0.25, 0.3) is 11.7 Å². The van der Waals surface area contributed by atoms with E-state index in [-0.39, 0.29) is 31.4 Å². The smallest absolute Gasteiger partial charge is 0.270 e. The van der Waals surface area contributed by atoms with Crippen LogP contribution in [0.15, 0.2) is 58.5 Å². The summed E-state index contributed by atoms with van der Waals surface area (Å²) in [6.45, 7) is 0.477. The molecule has 0 spiro atoms. The molecule has 3 aromatic rings. The highest BCUT2D eigenvalue weighted by Crippen LogP contribution is 2.36. The Bertz CT molecular complexity index is 1400. The van der Waals surface area contributed by atoms with Crippen molar-refractivity contribution in [3.8, 4) is 11.5 Å². The van der Waals surface area contributed by atoms with Crippen LogP contribution >= 0.6 is 24.0 Å². The van der Waals surface area contributed by atoms with Crippen molar-refractivity contribution < 1.29 is 19.1 Å². The molecule has 5 rings (SSSR count). The van der Waals surface area contributed by atoms with Crippen molar-refractivity contribution in [1.29, 1.82) is 0 Å². The van der Waals surface area contributed by atoms with E-state index < -0.39 is 11.5 Å². The van der Waals surface area contributed by atoms with E-state index in [1.807, 2.05) is 6.07 Å². The number of pyridine rings is 1. The molecular formula is C22H16N4O5S2. The van der Waals surface area contributed by atoms with Crippen molar-refractivity contribution in [2.75, 3.05) is 19.9 Å². The number of amides is 2. The van der Waals surface area contributed by atoms with E-state index >= 15 is 0 Å². The largest absolute Gasteiger partial charge is 0.454 e. The number of ether oxygens (including phenoxy) is 2. The standard InChI is InChI=1S/C22H16N4O5S2/c27-19(14-11-24-18-3-1-2-7-25(18)20(14)28)23-6-8-26-21(29)17(33-22(26)32)10-13-4-5-15-16(9-13)31-12-30-15/h1-5,7,9-11H,6,8,12H2,(H,23,27)/b17-10+. The molecule has 0 saturated carbocycles. The summed E-state index contributed by atoms with van der Waals surface area (Å²) >= 11 is 6.53. The Kier molecular flexibility index (Phi) is 5.56. The Morgan fingerprint density at radius 3 is 2.94 bits per heavy atom. The Morgan fingerprint density at radius 2 is 2.06 bits per heavy atom. The van der Waals surface area contributed by atoms with Crippen LogP contribution in [0.1, 0.15) is 15.9 Å². The van der Waals surface area contributed by atoms with Crippen LogP contribution < -0.4 is 20.3 Å². The van der Waals surface area contributed by atoms with Crippen molar-refractivity contribution in [3.63, 3.8) is 0 Å². The lowest BCUT2D eigenvalue weighted by Gasteiger charge is -2.14. The molecule has 0 unspecified atom stereocenters. The molecule has 1 N–H and O–H groups in total. The van der Waals surface area contributed by atoms with Gasteiger partial charge in [0.25, 0.3) is 17.4 Å². The molecule has 2 aliphatic heterocycles. The summed E-state index contributed by atoms with van der Waals surface area (Å²) in [7, 11) is 0. The first-order valence-corrected chi connectivity index (χ1v) is 11.1. The zero-order valence-electron chi connectivity index (χ0n) is 17.0. The molecule has 0 bridgehead atoms. The van der Waals surface area contributed by atoms with Crippen molar-refractivity contribution in [2.45, 2.75) is 0 Å². The molecule has 2 amide bonds. The Labute approximate surface area is 197 Å². The van der Waals surface area contributed by atoms with Gasteiger partial charge in [0.05, 0.1) is 4.91 Å². The van der Waals surface area contributed by atoms with E-state index in [1.165, 1.54) is 27.3 Å². The van der Waals surface area contributed by atoms with Crippen LogP contribution in [0.5, 0.6) is 11.5 Å². The zero-order valence-corrected chi connectivity index (χ0v) is 18.6. The second-order valence-corrected chi connectivity index (χ2v) is 8.78. The summed E-state index contributed by atoms with van der Waals surface area (Å²) in [6.07, 6.45) is 4.54. The molecule has 2 aliphatic rings. The lowest BCUT2D eigenvalue weighted by molar-refractivity contribution is -0.122. The Hall–Kier alpha value is -3.70. The normalized spacial score (nSPS) is 16.1. The van der Waals surface area contributed by atoms with Crippen molar-refractivity contribution >= 4 is 51.8 Å². The summed E-state index contributed by atoms with van der Waals surface area (Å²) < 4.78 is 12.4. The molecule has 4 heterocycles. The minimum atomic E-state index is -0.563. The van der Waals surface area contributed by atoms with Gasteiger partial charge >= 0.3 is 0 Å². The maximum atomic E-state index is 12.8. The van der Waals surface area contributed by atoms with Gasteiger partial charge in [-0.3, -0.25) is 23.7 Å². The number of nitrogens with zero attached hydrogens (tertiary/aromatic N) is 3. The molecular weight excluding hydrogens is 464 g/mol. The van der Waals surface area contributed by atoms with Gasteiger partial charge in [0.15, 0.2) is 11.5 Å². The van der Waals surface area contributed by atoms with E-state index in [1.54, 1.807) is 42.6 Å². The number of thioether (sulfide) groups is 1. The van der Waals surface area contributed by atoms with Crippen LogP contribution in [0.4, 0.5) is 0 Å². The molecule has 1 fully saturated rings. The maximum Gasteiger partial charge on any atom is 0.270 e. The van der Waals surface area contributed by atoms with E-state index in [0.717, 1.165) is 5.56 Å². The number of benzene rings is 1. The minimum absolute atomic E-state index is 0.0770. The predicted octanol–water partition coefficient (Wildman–Crippen LogP) is 2.05. The molecule has 0 radical (unpaired) electrons. The highest BCUT2D eigenvalue weighted by Gasteiger charge is 2.32. The van der Waals surface area contributed by atoms with Crippen molar-refractivity contribution in [2.24, 2.45) is 0 Å². The Morgan fingerprint density at radius 1 is 1.21 bits per heavy atom. The lowest BCUT2D eigenvalue weighted by Crippen LogP contribution is -2.39. The van der Waals surface area contributed by atoms with Gasteiger partial charge in [0.2, 0.25) is 6.79 Å². The summed E-state index contributed by atoms with van der Waals surface area (Å²) in [6, 6.07) is 10.5.